The fourth-order valence-electron chi connectivity index (χ4n) is 2.27. The topological polar surface area (TPSA) is 29.3 Å². The Hall–Kier alpha value is -0.860. The third kappa shape index (κ3) is 2.83. The van der Waals surface area contributed by atoms with Crippen molar-refractivity contribution >= 4 is 0 Å². The second-order valence-corrected chi connectivity index (χ2v) is 5.03. The number of aryl methyl sites for hydroxylation is 2. The minimum absolute atomic E-state index is 0.427. The van der Waals surface area contributed by atoms with Crippen molar-refractivity contribution in [2.45, 2.75) is 39.3 Å². The van der Waals surface area contributed by atoms with E-state index >= 15 is 0 Å². The van der Waals surface area contributed by atoms with Gasteiger partial charge < -0.3 is 5.73 Å². The van der Waals surface area contributed by atoms with E-state index in [4.69, 9.17) is 5.73 Å². The highest BCUT2D eigenvalue weighted by molar-refractivity contribution is 5.29. The summed E-state index contributed by atoms with van der Waals surface area (Å²) in [5, 5.41) is 0. The molecule has 1 fully saturated rings. The van der Waals surface area contributed by atoms with Gasteiger partial charge in [0.25, 0.3) is 0 Å². The highest BCUT2D eigenvalue weighted by Crippen LogP contribution is 2.15. The number of rotatable bonds is 2. The van der Waals surface area contributed by atoms with Gasteiger partial charge in [0.2, 0.25) is 0 Å². The lowest BCUT2D eigenvalue weighted by Crippen LogP contribution is -2.39. The first-order valence-electron chi connectivity index (χ1n) is 6.19. The summed E-state index contributed by atoms with van der Waals surface area (Å²) in [6.45, 7) is 7.72. The molecule has 0 amide bonds. The molecule has 0 saturated carbocycles. The normalized spacial score (nSPS) is 18.9. The molecule has 0 unspecified atom stereocenters. The lowest BCUT2D eigenvalue weighted by molar-refractivity contribution is 0.205. The van der Waals surface area contributed by atoms with Gasteiger partial charge in [-0.3, -0.25) is 4.90 Å². The van der Waals surface area contributed by atoms with Gasteiger partial charge >= 0.3 is 0 Å². The summed E-state index contributed by atoms with van der Waals surface area (Å²) in [5.41, 5.74) is 10.1. The molecule has 0 spiro atoms. The predicted octanol–water partition coefficient (Wildman–Crippen LogP) is 2.23. The van der Waals surface area contributed by atoms with Crippen LogP contribution in [0.15, 0.2) is 18.2 Å². The smallest absolute Gasteiger partial charge is 0.0233 e. The van der Waals surface area contributed by atoms with Crippen molar-refractivity contribution in [1.29, 1.82) is 0 Å². The van der Waals surface area contributed by atoms with Crippen molar-refractivity contribution < 1.29 is 0 Å². The maximum Gasteiger partial charge on any atom is 0.0233 e. The molecule has 2 rings (SSSR count). The van der Waals surface area contributed by atoms with Crippen LogP contribution >= 0.6 is 0 Å². The molecule has 0 aromatic heterocycles. The summed E-state index contributed by atoms with van der Waals surface area (Å²) in [6.07, 6.45) is 2.29. The molecule has 1 aromatic carbocycles. The summed E-state index contributed by atoms with van der Waals surface area (Å²) >= 11 is 0. The molecule has 1 heterocycles. The highest BCUT2D eigenvalue weighted by Gasteiger charge is 2.15. The van der Waals surface area contributed by atoms with Crippen molar-refractivity contribution in [2.24, 2.45) is 5.73 Å². The summed E-state index contributed by atoms with van der Waals surface area (Å²) in [4.78, 5) is 2.51. The number of hydrogen-bond donors (Lipinski definition) is 1. The molecule has 16 heavy (non-hydrogen) atoms. The fraction of sp³-hybridized carbons (Fsp3) is 0.571. The molecule has 1 aliphatic heterocycles. The van der Waals surface area contributed by atoms with Crippen molar-refractivity contribution in [2.75, 3.05) is 13.1 Å². The molecule has 2 nitrogen and oxygen atoms in total. The first-order chi connectivity index (χ1) is 7.65. The van der Waals surface area contributed by atoms with Crippen LogP contribution in [0.5, 0.6) is 0 Å². The molecular formula is C14H22N2. The van der Waals surface area contributed by atoms with Crippen molar-refractivity contribution in [3.8, 4) is 0 Å². The van der Waals surface area contributed by atoms with Crippen LogP contribution in [0.25, 0.3) is 0 Å². The Morgan fingerprint density at radius 2 is 1.88 bits per heavy atom. The Labute approximate surface area is 98.4 Å². The first kappa shape index (κ1) is 11.6. The van der Waals surface area contributed by atoms with Gasteiger partial charge in [0, 0.05) is 12.6 Å². The molecule has 88 valence electrons. The van der Waals surface area contributed by atoms with Crippen LogP contribution in [-0.4, -0.2) is 24.0 Å². The monoisotopic (exact) mass is 218 g/mol. The van der Waals surface area contributed by atoms with E-state index in [0.29, 0.717) is 6.04 Å². The van der Waals surface area contributed by atoms with Gasteiger partial charge in [0.05, 0.1) is 0 Å². The van der Waals surface area contributed by atoms with Crippen LogP contribution < -0.4 is 5.73 Å². The number of piperidine rings is 1. The van der Waals surface area contributed by atoms with E-state index in [0.717, 1.165) is 32.5 Å². The summed E-state index contributed by atoms with van der Waals surface area (Å²) in [5.74, 6) is 0. The summed E-state index contributed by atoms with van der Waals surface area (Å²) in [6, 6.07) is 7.21. The van der Waals surface area contributed by atoms with Crippen LogP contribution in [0.2, 0.25) is 0 Å². The molecule has 1 aromatic rings. The molecular weight excluding hydrogens is 196 g/mol. The average Bonchev–Trinajstić information content (AvgIpc) is 2.27. The molecule has 0 aliphatic carbocycles. The lowest BCUT2D eigenvalue weighted by atomic mass is 10.0. The molecule has 0 radical (unpaired) electrons. The van der Waals surface area contributed by atoms with E-state index < -0.39 is 0 Å². The third-order valence-corrected chi connectivity index (χ3v) is 3.61. The Morgan fingerprint density at radius 1 is 1.19 bits per heavy atom. The number of benzene rings is 1. The van der Waals surface area contributed by atoms with Crippen LogP contribution in [-0.2, 0) is 6.54 Å². The van der Waals surface area contributed by atoms with E-state index in [1.165, 1.54) is 16.7 Å². The Bertz CT molecular complexity index is 352. The molecule has 2 N–H and O–H groups in total. The summed E-state index contributed by atoms with van der Waals surface area (Å²) < 4.78 is 0. The summed E-state index contributed by atoms with van der Waals surface area (Å²) in [7, 11) is 0. The minimum Gasteiger partial charge on any atom is -0.328 e. The van der Waals surface area contributed by atoms with Crippen LogP contribution in [0.1, 0.15) is 29.5 Å². The zero-order valence-electron chi connectivity index (χ0n) is 10.4. The Balaban J connectivity index is 1.96. The van der Waals surface area contributed by atoms with Crippen LogP contribution in [0.4, 0.5) is 0 Å². The van der Waals surface area contributed by atoms with Crippen molar-refractivity contribution in [3.63, 3.8) is 0 Å². The van der Waals surface area contributed by atoms with E-state index in [2.05, 4.69) is 36.9 Å². The van der Waals surface area contributed by atoms with E-state index in [9.17, 15) is 0 Å². The van der Waals surface area contributed by atoms with E-state index in [1.54, 1.807) is 0 Å². The van der Waals surface area contributed by atoms with Crippen LogP contribution in [0, 0.1) is 13.8 Å². The number of likely N-dealkylation sites (tertiary alicyclic amines) is 1. The maximum absolute atomic E-state index is 5.91. The van der Waals surface area contributed by atoms with Crippen molar-refractivity contribution in [3.05, 3.63) is 34.9 Å². The zero-order chi connectivity index (χ0) is 11.5. The SMILES string of the molecule is Cc1ccc(CN2CCC(N)CC2)cc1C. The predicted molar refractivity (Wildman–Crippen MR) is 68.4 cm³/mol. The fourth-order valence-corrected chi connectivity index (χ4v) is 2.27. The van der Waals surface area contributed by atoms with Crippen molar-refractivity contribution in [1.82, 2.24) is 4.90 Å². The second-order valence-electron chi connectivity index (χ2n) is 5.03. The Kier molecular flexibility index (Phi) is 3.62. The molecule has 2 heteroatoms. The van der Waals surface area contributed by atoms with Gasteiger partial charge in [-0.1, -0.05) is 18.2 Å². The van der Waals surface area contributed by atoms with Gasteiger partial charge in [0.15, 0.2) is 0 Å². The van der Waals surface area contributed by atoms with Gasteiger partial charge in [-0.25, -0.2) is 0 Å². The largest absolute Gasteiger partial charge is 0.328 e. The maximum atomic E-state index is 5.91. The van der Waals surface area contributed by atoms with Gasteiger partial charge in [-0.15, -0.1) is 0 Å². The molecule has 1 saturated heterocycles. The highest BCUT2D eigenvalue weighted by atomic mass is 15.1. The molecule has 0 atom stereocenters. The second kappa shape index (κ2) is 4.98. The molecule has 1 aliphatic rings. The first-order valence-corrected chi connectivity index (χ1v) is 6.19. The molecule has 0 bridgehead atoms. The van der Waals surface area contributed by atoms with Crippen LogP contribution in [0.3, 0.4) is 0 Å². The minimum atomic E-state index is 0.427. The van der Waals surface area contributed by atoms with E-state index in [1.807, 2.05) is 0 Å². The number of hydrogen-bond acceptors (Lipinski definition) is 2. The lowest BCUT2D eigenvalue weighted by Gasteiger charge is -2.30. The Morgan fingerprint density at radius 3 is 2.50 bits per heavy atom. The standard InChI is InChI=1S/C14H22N2/c1-11-3-4-13(9-12(11)2)10-16-7-5-14(15)6-8-16/h3-4,9,14H,5-8,10,15H2,1-2H3. The zero-order valence-corrected chi connectivity index (χ0v) is 10.4. The third-order valence-electron chi connectivity index (χ3n) is 3.61. The average molecular weight is 218 g/mol. The number of nitrogens with zero attached hydrogens (tertiary/aromatic N) is 1. The number of nitrogens with two attached hydrogens (primary N) is 1. The quantitative estimate of drug-likeness (QED) is 0.825. The van der Waals surface area contributed by atoms with Gasteiger partial charge in [0.1, 0.15) is 0 Å². The van der Waals surface area contributed by atoms with E-state index in [-0.39, 0.29) is 0 Å². The van der Waals surface area contributed by atoms with Gasteiger partial charge in [-0.2, -0.15) is 0 Å². The van der Waals surface area contributed by atoms with Gasteiger partial charge in [-0.05, 0) is 56.5 Å².